The fourth-order valence-electron chi connectivity index (χ4n) is 1.05. The number of rotatable bonds is 4. The second-order valence-electron chi connectivity index (χ2n) is 2.85. The van der Waals surface area contributed by atoms with E-state index in [9.17, 15) is 5.11 Å². The molecule has 0 saturated carbocycles. The van der Waals surface area contributed by atoms with Gasteiger partial charge in [-0.05, 0) is 30.2 Å². The summed E-state index contributed by atoms with van der Waals surface area (Å²) in [5.41, 5.74) is 8.79. The zero-order valence-corrected chi connectivity index (χ0v) is 9.55. The Hall–Kier alpha value is -1.45. The Bertz CT molecular complexity index is 411. The number of halogens is 1. The molecule has 0 aliphatic rings. The number of benzene rings is 1. The lowest BCUT2D eigenvalue weighted by atomic mass is 10.2. The summed E-state index contributed by atoms with van der Waals surface area (Å²) in [6.07, 6.45) is 4.32. The lowest BCUT2D eigenvalue weighted by molar-refractivity contribution is 0.474. The fourth-order valence-corrected chi connectivity index (χ4v) is 1.42. The van der Waals surface area contributed by atoms with Crippen LogP contribution in [0.3, 0.4) is 0 Å². The molecule has 0 bridgehead atoms. The van der Waals surface area contributed by atoms with Crippen LogP contribution >= 0.6 is 15.9 Å². The molecule has 0 aliphatic carbocycles. The third-order valence-corrected chi connectivity index (χ3v) is 2.24. The minimum Gasteiger partial charge on any atom is -0.507 e. The second-order valence-corrected chi connectivity index (χ2v) is 3.76. The number of nitrogens with zero attached hydrogens (tertiary/aromatic N) is 3. The van der Waals surface area contributed by atoms with Gasteiger partial charge in [0.1, 0.15) is 5.75 Å². The number of hydrogen-bond donors (Lipinski definition) is 1. The summed E-state index contributed by atoms with van der Waals surface area (Å²) in [5, 5.41) is 12.9. The molecule has 0 aromatic heterocycles. The van der Waals surface area contributed by atoms with E-state index in [2.05, 4.69) is 26.0 Å². The van der Waals surface area contributed by atoms with Gasteiger partial charge in [0.25, 0.3) is 0 Å². The van der Waals surface area contributed by atoms with Crippen LogP contribution in [0.25, 0.3) is 16.5 Å². The Kier molecular flexibility index (Phi) is 4.74. The van der Waals surface area contributed by atoms with Gasteiger partial charge in [0.2, 0.25) is 0 Å². The minimum absolute atomic E-state index is 0.234. The molecule has 78 valence electrons. The van der Waals surface area contributed by atoms with E-state index in [1.54, 1.807) is 18.2 Å². The normalized spacial score (nSPS) is 10.2. The zero-order chi connectivity index (χ0) is 11.1. The first-order chi connectivity index (χ1) is 7.24. The molecular weight excluding hydrogens is 258 g/mol. The summed E-state index contributed by atoms with van der Waals surface area (Å²) >= 11 is 3.32. The maximum atomic E-state index is 9.48. The lowest BCUT2D eigenvalue weighted by Crippen LogP contribution is -1.76. The summed E-state index contributed by atoms with van der Waals surface area (Å²) in [5.74, 6) is 0.234. The topological polar surface area (TPSA) is 69.0 Å². The number of hydrogen-bond acceptors (Lipinski definition) is 2. The van der Waals surface area contributed by atoms with Crippen molar-refractivity contribution in [1.82, 2.24) is 0 Å². The van der Waals surface area contributed by atoms with Gasteiger partial charge < -0.3 is 5.11 Å². The molecule has 1 N–H and O–H groups in total. The first-order valence-electron chi connectivity index (χ1n) is 4.40. The van der Waals surface area contributed by atoms with Crippen LogP contribution in [0.5, 0.6) is 5.75 Å². The Labute approximate surface area is 96.0 Å². The quantitative estimate of drug-likeness (QED) is 0.383. The molecule has 0 amide bonds. The zero-order valence-electron chi connectivity index (χ0n) is 7.97. The van der Waals surface area contributed by atoms with Crippen molar-refractivity contribution in [1.29, 1.82) is 0 Å². The molecule has 0 fully saturated rings. The van der Waals surface area contributed by atoms with Crippen molar-refractivity contribution >= 4 is 22.0 Å². The van der Waals surface area contributed by atoms with Crippen LogP contribution in [0.1, 0.15) is 12.0 Å². The van der Waals surface area contributed by atoms with Crippen LogP contribution in [-0.4, -0.2) is 11.7 Å². The van der Waals surface area contributed by atoms with Gasteiger partial charge in [-0.3, -0.25) is 0 Å². The predicted octanol–water partition coefficient (Wildman–Crippen LogP) is 3.87. The van der Waals surface area contributed by atoms with E-state index in [1.807, 2.05) is 12.1 Å². The van der Waals surface area contributed by atoms with E-state index in [0.29, 0.717) is 13.0 Å². The molecule has 4 nitrogen and oxygen atoms in total. The third kappa shape index (κ3) is 4.06. The van der Waals surface area contributed by atoms with Crippen molar-refractivity contribution in [3.05, 3.63) is 44.8 Å². The van der Waals surface area contributed by atoms with Gasteiger partial charge in [0, 0.05) is 21.5 Å². The lowest BCUT2D eigenvalue weighted by Gasteiger charge is -1.98. The van der Waals surface area contributed by atoms with Crippen molar-refractivity contribution in [2.45, 2.75) is 6.42 Å². The molecular formula is C10H10BrN3O. The van der Waals surface area contributed by atoms with Gasteiger partial charge in [-0.25, -0.2) is 0 Å². The highest BCUT2D eigenvalue weighted by atomic mass is 79.9. The average Bonchev–Trinajstić information content (AvgIpc) is 2.23. The second kappa shape index (κ2) is 6.11. The average molecular weight is 268 g/mol. The SMILES string of the molecule is [N-]=[N+]=NCCC=Cc1cc(Br)ccc1O. The number of azide groups is 1. The highest BCUT2D eigenvalue weighted by Crippen LogP contribution is 2.22. The molecule has 0 atom stereocenters. The predicted molar refractivity (Wildman–Crippen MR) is 63.5 cm³/mol. The maximum Gasteiger partial charge on any atom is 0.122 e. The van der Waals surface area contributed by atoms with Crippen LogP contribution in [0.2, 0.25) is 0 Å². The molecule has 1 aromatic rings. The standard InChI is InChI=1S/C10H10BrN3O/c11-9-4-5-10(15)8(7-9)3-1-2-6-13-14-12/h1,3-5,7,15H,2,6H2. The Morgan fingerprint density at radius 3 is 3.07 bits per heavy atom. The van der Waals surface area contributed by atoms with Gasteiger partial charge in [-0.1, -0.05) is 33.2 Å². The van der Waals surface area contributed by atoms with Gasteiger partial charge in [-0.15, -0.1) is 0 Å². The Balaban J connectivity index is 2.63. The van der Waals surface area contributed by atoms with Crippen LogP contribution in [0.15, 0.2) is 33.9 Å². The number of phenolic OH excluding ortho intramolecular Hbond substituents is 1. The summed E-state index contributed by atoms with van der Waals surface area (Å²) in [7, 11) is 0. The minimum atomic E-state index is 0.234. The molecule has 0 aliphatic heterocycles. The molecule has 0 unspecified atom stereocenters. The van der Waals surface area contributed by atoms with Crippen LogP contribution in [0, 0.1) is 0 Å². The molecule has 5 heteroatoms. The highest BCUT2D eigenvalue weighted by Gasteiger charge is 1.96. The van der Waals surface area contributed by atoms with E-state index in [0.717, 1.165) is 10.0 Å². The molecule has 1 aromatic carbocycles. The van der Waals surface area contributed by atoms with Gasteiger partial charge in [0.15, 0.2) is 0 Å². The third-order valence-electron chi connectivity index (χ3n) is 1.75. The van der Waals surface area contributed by atoms with Crippen LogP contribution < -0.4 is 0 Å². The molecule has 0 saturated heterocycles. The highest BCUT2D eigenvalue weighted by molar-refractivity contribution is 9.10. The summed E-state index contributed by atoms with van der Waals surface area (Å²) in [4.78, 5) is 2.65. The van der Waals surface area contributed by atoms with Crippen LogP contribution in [0.4, 0.5) is 0 Å². The first-order valence-corrected chi connectivity index (χ1v) is 5.19. The van der Waals surface area contributed by atoms with E-state index in [-0.39, 0.29) is 5.75 Å². The van der Waals surface area contributed by atoms with Gasteiger partial charge in [0.05, 0.1) is 0 Å². The molecule has 0 spiro atoms. The van der Waals surface area contributed by atoms with Gasteiger partial charge in [-0.2, -0.15) is 0 Å². The van der Waals surface area contributed by atoms with E-state index >= 15 is 0 Å². The summed E-state index contributed by atoms with van der Waals surface area (Å²) in [6.45, 7) is 0.432. The molecule has 1 rings (SSSR count). The Morgan fingerprint density at radius 2 is 2.33 bits per heavy atom. The molecule has 0 heterocycles. The first kappa shape index (κ1) is 11.6. The molecule has 15 heavy (non-hydrogen) atoms. The van der Waals surface area contributed by atoms with E-state index in [4.69, 9.17) is 5.53 Å². The molecule has 0 radical (unpaired) electrons. The fraction of sp³-hybridized carbons (Fsp3) is 0.200. The van der Waals surface area contributed by atoms with E-state index < -0.39 is 0 Å². The Morgan fingerprint density at radius 1 is 1.53 bits per heavy atom. The number of phenols is 1. The van der Waals surface area contributed by atoms with Crippen molar-refractivity contribution in [2.75, 3.05) is 6.54 Å². The van der Waals surface area contributed by atoms with Crippen LogP contribution in [-0.2, 0) is 0 Å². The van der Waals surface area contributed by atoms with Crippen molar-refractivity contribution < 1.29 is 5.11 Å². The largest absolute Gasteiger partial charge is 0.507 e. The van der Waals surface area contributed by atoms with Crippen molar-refractivity contribution in [3.63, 3.8) is 0 Å². The smallest absolute Gasteiger partial charge is 0.122 e. The van der Waals surface area contributed by atoms with Gasteiger partial charge >= 0.3 is 0 Å². The number of aromatic hydroxyl groups is 1. The van der Waals surface area contributed by atoms with Crippen molar-refractivity contribution in [2.24, 2.45) is 5.11 Å². The monoisotopic (exact) mass is 267 g/mol. The van der Waals surface area contributed by atoms with Crippen molar-refractivity contribution in [3.8, 4) is 5.75 Å². The summed E-state index contributed by atoms with van der Waals surface area (Å²) < 4.78 is 0.912. The summed E-state index contributed by atoms with van der Waals surface area (Å²) in [6, 6.07) is 5.21. The maximum absolute atomic E-state index is 9.48. The van der Waals surface area contributed by atoms with E-state index in [1.165, 1.54) is 0 Å².